The second-order valence-electron chi connectivity index (χ2n) is 18.1. The van der Waals surface area contributed by atoms with Gasteiger partial charge in [0.1, 0.15) is 25.0 Å². The molecule has 6 rings (SSSR count). The van der Waals surface area contributed by atoms with Gasteiger partial charge in [-0.1, -0.05) is 72.2 Å². The Morgan fingerprint density at radius 2 is 1.59 bits per heavy atom. The quantitative estimate of drug-likeness (QED) is 0.165. The van der Waals surface area contributed by atoms with Gasteiger partial charge in [-0.25, -0.2) is 0 Å². The lowest BCUT2D eigenvalue weighted by Gasteiger charge is -2.71. The molecule has 4 fully saturated rings. The van der Waals surface area contributed by atoms with E-state index in [0.717, 1.165) is 62.7 Å². The largest absolute Gasteiger partial charge is 0.497 e. The van der Waals surface area contributed by atoms with Crippen LogP contribution in [0.25, 0.3) is 0 Å². The highest BCUT2D eigenvalue weighted by Gasteiger charge is 2.69. The number of hydrogen-bond donors (Lipinski definition) is 2. The maximum Gasteiger partial charge on any atom is 0.323 e. The van der Waals surface area contributed by atoms with Gasteiger partial charge >= 0.3 is 11.9 Å². The molecule has 0 radical (unpaired) electrons. The first-order chi connectivity index (χ1) is 23.0. The minimum Gasteiger partial charge on any atom is -0.497 e. The summed E-state index contributed by atoms with van der Waals surface area (Å²) in [6.07, 6.45) is 11.7. The molecule has 1 aromatic carbocycles. The Hall–Kier alpha value is -2.38. The van der Waals surface area contributed by atoms with Crippen LogP contribution in [0.5, 0.6) is 5.75 Å². The fourth-order valence-corrected chi connectivity index (χ4v) is 12.5. The van der Waals surface area contributed by atoms with E-state index in [2.05, 4.69) is 54.5 Å². The highest BCUT2D eigenvalue weighted by molar-refractivity contribution is 5.79. The Morgan fingerprint density at radius 3 is 2.29 bits per heavy atom. The fourth-order valence-electron chi connectivity index (χ4n) is 12.5. The van der Waals surface area contributed by atoms with E-state index in [1.165, 1.54) is 12.0 Å². The summed E-state index contributed by atoms with van der Waals surface area (Å²) in [5.41, 5.74) is 8.31. The number of aliphatic hydroxyl groups excluding tert-OH is 1. The zero-order valence-corrected chi connectivity index (χ0v) is 31.5. The van der Waals surface area contributed by atoms with Crippen LogP contribution < -0.4 is 10.5 Å². The van der Waals surface area contributed by atoms with Crippen LogP contribution in [0.1, 0.15) is 112 Å². The van der Waals surface area contributed by atoms with E-state index in [0.29, 0.717) is 30.1 Å². The number of esters is 2. The maximum atomic E-state index is 14.3. The molecule has 0 amide bonds. The normalized spacial score (nSPS) is 41.5. The lowest BCUT2D eigenvalue weighted by Crippen LogP contribution is -2.65. The van der Waals surface area contributed by atoms with Crippen molar-refractivity contribution in [3.8, 4) is 5.75 Å². The third-order valence-corrected chi connectivity index (χ3v) is 15.9. The Labute approximate surface area is 295 Å². The number of hydrogen-bond acceptors (Lipinski definition) is 7. The number of nitrogens with two attached hydrogens (primary N) is 1. The summed E-state index contributed by atoms with van der Waals surface area (Å²) in [6.45, 7) is 17.0. The van der Waals surface area contributed by atoms with E-state index in [-0.39, 0.29) is 52.9 Å². The first-order valence-electron chi connectivity index (χ1n) is 19.2. The fraction of sp³-hybridized carbons (Fsp3) is 0.762. The molecule has 7 nitrogen and oxygen atoms in total. The molecule has 0 heterocycles. The van der Waals surface area contributed by atoms with Gasteiger partial charge in [0.15, 0.2) is 0 Å². The molecule has 272 valence electrons. The van der Waals surface area contributed by atoms with Gasteiger partial charge in [-0.2, -0.15) is 0 Å². The van der Waals surface area contributed by atoms with Crippen molar-refractivity contribution in [2.24, 2.45) is 62.4 Å². The average Bonchev–Trinajstić information content (AvgIpc) is 3.07. The van der Waals surface area contributed by atoms with Crippen molar-refractivity contribution in [1.29, 1.82) is 0 Å². The summed E-state index contributed by atoms with van der Waals surface area (Å²) in [5.74, 6) is 2.25. The summed E-state index contributed by atoms with van der Waals surface area (Å²) in [5, 5.41) is 11.1. The molecule has 11 atom stereocenters. The van der Waals surface area contributed by atoms with Crippen LogP contribution in [0.4, 0.5) is 0 Å². The average molecular weight is 678 g/mol. The smallest absolute Gasteiger partial charge is 0.323 e. The molecule has 49 heavy (non-hydrogen) atoms. The second-order valence-corrected chi connectivity index (χ2v) is 18.1. The topological polar surface area (TPSA) is 108 Å². The first-order valence-corrected chi connectivity index (χ1v) is 19.2. The van der Waals surface area contributed by atoms with Crippen LogP contribution in [0.2, 0.25) is 0 Å². The third kappa shape index (κ3) is 5.68. The Morgan fingerprint density at radius 1 is 0.898 bits per heavy atom. The number of rotatable bonds is 8. The van der Waals surface area contributed by atoms with E-state index in [9.17, 15) is 14.7 Å². The molecule has 5 aliphatic carbocycles. The van der Waals surface area contributed by atoms with Gasteiger partial charge in [-0.05, 0) is 133 Å². The number of fused-ring (bicyclic) bond motifs is 7. The lowest BCUT2D eigenvalue weighted by atomic mass is 9.33. The molecule has 7 heteroatoms. The number of carbonyl (C=O) groups excluding carboxylic acids is 2. The Kier molecular flexibility index (Phi) is 9.65. The van der Waals surface area contributed by atoms with Gasteiger partial charge in [-0.3, -0.25) is 9.59 Å². The zero-order chi connectivity index (χ0) is 35.6. The minimum absolute atomic E-state index is 0.00144. The van der Waals surface area contributed by atoms with Crippen LogP contribution >= 0.6 is 0 Å². The van der Waals surface area contributed by atoms with E-state index in [4.69, 9.17) is 19.9 Å². The highest BCUT2D eigenvalue weighted by Crippen LogP contribution is 2.75. The lowest BCUT2D eigenvalue weighted by molar-refractivity contribution is -0.207. The predicted molar refractivity (Wildman–Crippen MR) is 192 cm³/mol. The van der Waals surface area contributed by atoms with Crippen LogP contribution in [0.3, 0.4) is 0 Å². The molecule has 3 N–H and O–H groups in total. The standard InChI is InChI=1S/C42H63NO6/c1-26-15-20-42(37(46)49-24-23-48-36(45)31(43)25-28-9-11-29(47-8)12-10-28)22-21-40(6)30(35(42)27(26)2)13-14-33-39(5)18-17-34(44)38(3,4)32(39)16-19-41(33,40)7/h9-13,26-27,31-35,44H,14-25,43H2,1-8H3/t26-,27+,31+,32?,33-,34+,35+,39+,40-,41-,42+/m1/s1. The summed E-state index contributed by atoms with van der Waals surface area (Å²) in [6, 6.07) is 6.67. The molecule has 5 aliphatic rings. The predicted octanol–water partition coefficient (Wildman–Crippen LogP) is 7.67. The molecule has 0 saturated heterocycles. The summed E-state index contributed by atoms with van der Waals surface area (Å²) in [7, 11) is 1.61. The molecule has 0 aliphatic heterocycles. The molecule has 0 aromatic heterocycles. The number of allylic oxidation sites excluding steroid dienone is 2. The summed E-state index contributed by atoms with van der Waals surface area (Å²) < 4.78 is 16.7. The zero-order valence-electron chi connectivity index (χ0n) is 31.5. The molecular weight excluding hydrogens is 614 g/mol. The van der Waals surface area contributed by atoms with Crippen LogP contribution in [-0.2, 0) is 25.5 Å². The van der Waals surface area contributed by atoms with Gasteiger partial charge in [0.2, 0.25) is 0 Å². The van der Waals surface area contributed by atoms with E-state index in [1.54, 1.807) is 7.11 Å². The first kappa shape index (κ1) is 36.4. The van der Waals surface area contributed by atoms with Crippen molar-refractivity contribution in [2.45, 2.75) is 125 Å². The number of methoxy groups -OCH3 is 1. The van der Waals surface area contributed by atoms with Crippen LogP contribution in [-0.4, -0.2) is 49.5 Å². The second kappa shape index (κ2) is 13.0. The van der Waals surface area contributed by atoms with E-state index >= 15 is 0 Å². The Balaban J connectivity index is 1.17. The maximum absolute atomic E-state index is 14.3. The van der Waals surface area contributed by atoms with Gasteiger partial charge in [0.05, 0.1) is 18.6 Å². The molecule has 0 spiro atoms. The summed E-state index contributed by atoms with van der Waals surface area (Å²) in [4.78, 5) is 27.0. The van der Waals surface area contributed by atoms with Gasteiger partial charge in [0, 0.05) is 0 Å². The van der Waals surface area contributed by atoms with Crippen molar-refractivity contribution < 1.29 is 28.9 Å². The molecule has 1 aromatic rings. The van der Waals surface area contributed by atoms with Crippen molar-refractivity contribution in [3.05, 3.63) is 41.5 Å². The van der Waals surface area contributed by atoms with Crippen molar-refractivity contribution in [2.75, 3.05) is 20.3 Å². The van der Waals surface area contributed by atoms with Crippen molar-refractivity contribution in [1.82, 2.24) is 0 Å². The highest BCUT2D eigenvalue weighted by atomic mass is 16.6. The molecule has 4 saturated carbocycles. The van der Waals surface area contributed by atoms with Gasteiger partial charge < -0.3 is 25.1 Å². The van der Waals surface area contributed by atoms with Crippen LogP contribution in [0, 0.1) is 56.7 Å². The molecular formula is C42H63NO6. The SMILES string of the molecule is COc1ccc(C[C@H](N)C(=O)OCCOC(=O)[C@]23CC[C@@H](C)[C@H](C)[C@H]2C2=CC[C@@H]4[C@@]5(C)CC[C@H](O)C(C)(C)C5CC[C@@]4(C)[C@]2(C)CC3)cc1. The monoisotopic (exact) mass is 677 g/mol. The number of carbonyl (C=O) groups is 2. The van der Waals surface area contributed by atoms with Crippen LogP contribution in [0.15, 0.2) is 35.9 Å². The molecule has 0 bridgehead atoms. The van der Waals surface area contributed by atoms with E-state index in [1.807, 2.05) is 24.3 Å². The Bertz CT molecular complexity index is 1440. The van der Waals surface area contributed by atoms with Crippen molar-refractivity contribution in [3.63, 3.8) is 0 Å². The van der Waals surface area contributed by atoms with Gasteiger partial charge in [0.25, 0.3) is 0 Å². The molecule has 1 unspecified atom stereocenters. The number of aliphatic hydroxyl groups is 1. The van der Waals surface area contributed by atoms with Gasteiger partial charge in [-0.15, -0.1) is 0 Å². The number of ether oxygens (including phenoxy) is 3. The number of benzene rings is 1. The minimum atomic E-state index is -0.797. The van der Waals surface area contributed by atoms with Crippen molar-refractivity contribution >= 4 is 11.9 Å². The van der Waals surface area contributed by atoms with E-state index < -0.39 is 17.4 Å². The summed E-state index contributed by atoms with van der Waals surface area (Å²) >= 11 is 0. The third-order valence-electron chi connectivity index (χ3n) is 15.9.